The van der Waals surface area contributed by atoms with Gasteiger partial charge in [0.1, 0.15) is 18.1 Å². The summed E-state index contributed by atoms with van der Waals surface area (Å²) in [5.74, 6) is 6.63. The van der Waals surface area contributed by atoms with Gasteiger partial charge in [0.2, 0.25) is 0 Å². The van der Waals surface area contributed by atoms with Crippen molar-refractivity contribution in [3.05, 3.63) is 23.8 Å². The fraction of sp³-hybridized carbons (Fsp3) is 0.308. The van der Waals surface area contributed by atoms with Crippen LogP contribution in [0.15, 0.2) is 18.2 Å². The van der Waals surface area contributed by atoms with Gasteiger partial charge in [-0.1, -0.05) is 5.92 Å². The highest BCUT2D eigenvalue weighted by atomic mass is 16.5. The van der Waals surface area contributed by atoms with E-state index in [9.17, 15) is 4.79 Å². The van der Waals surface area contributed by atoms with E-state index < -0.39 is 0 Å². The van der Waals surface area contributed by atoms with E-state index in [2.05, 4.69) is 11.8 Å². The Labute approximate surface area is 95.4 Å². The Balaban J connectivity index is 2.98. The number of ether oxygens (including phenoxy) is 2. The van der Waals surface area contributed by atoms with Crippen LogP contribution < -0.4 is 9.47 Å². The molecule has 0 spiro atoms. The lowest BCUT2D eigenvalue weighted by Crippen LogP contribution is -2.02. The van der Waals surface area contributed by atoms with Crippen LogP contribution in [0.3, 0.4) is 0 Å². The molecule has 0 amide bonds. The Morgan fingerprint density at radius 3 is 2.75 bits per heavy atom. The monoisotopic (exact) mass is 218 g/mol. The van der Waals surface area contributed by atoms with Crippen LogP contribution >= 0.6 is 0 Å². The topological polar surface area (TPSA) is 35.5 Å². The predicted molar refractivity (Wildman–Crippen MR) is 61.9 cm³/mol. The van der Waals surface area contributed by atoms with Gasteiger partial charge in [-0.15, -0.1) is 5.92 Å². The molecule has 0 atom stereocenters. The highest BCUT2D eigenvalue weighted by molar-refractivity contribution is 5.97. The van der Waals surface area contributed by atoms with Crippen molar-refractivity contribution in [3.8, 4) is 23.3 Å². The Hall–Kier alpha value is -1.95. The van der Waals surface area contributed by atoms with Crippen LogP contribution in [0.5, 0.6) is 11.5 Å². The van der Waals surface area contributed by atoms with E-state index in [4.69, 9.17) is 9.47 Å². The van der Waals surface area contributed by atoms with Crippen molar-refractivity contribution in [2.45, 2.75) is 13.8 Å². The molecule has 0 bridgehead atoms. The fourth-order valence-electron chi connectivity index (χ4n) is 1.23. The van der Waals surface area contributed by atoms with Gasteiger partial charge in [0, 0.05) is 6.07 Å². The number of methoxy groups -OCH3 is 1. The minimum absolute atomic E-state index is 0.0397. The third-order valence-electron chi connectivity index (χ3n) is 2.04. The van der Waals surface area contributed by atoms with Gasteiger partial charge in [-0.3, -0.25) is 4.79 Å². The van der Waals surface area contributed by atoms with E-state index in [1.807, 2.05) is 0 Å². The minimum Gasteiger partial charge on any atom is -0.497 e. The second-order valence-corrected chi connectivity index (χ2v) is 3.13. The van der Waals surface area contributed by atoms with Gasteiger partial charge in [0.05, 0.1) is 12.7 Å². The van der Waals surface area contributed by atoms with Gasteiger partial charge < -0.3 is 9.47 Å². The first-order valence-electron chi connectivity index (χ1n) is 4.90. The number of Topliss-reactive ketones (excluding diaryl/α,β-unsaturated/α-hetero) is 1. The first-order valence-corrected chi connectivity index (χ1v) is 4.90. The van der Waals surface area contributed by atoms with Crippen LogP contribution in [0.2, 0.25) is 0 Å². The molecular weight excluding hydrogens is 204 g/mol. The maximum absolute atomic E-state index is 11.3. The van der Waals surface area contributed by atoms with E-state index in [0.29, 0.717) is 17.1 Å². The zero-order valence-electron chi connectivity index (χ0n) is 9.66. The Morgan fingerprint density at radius 1 is 1.44 bits per heavy atom. The van der Waals surface area contributed by atoms with Gasteiger partial charge in [0.15, 0.2) is 5.78 Å². The Morgan fingerprint density at radius 2 is 2.19 bits per heavy atom. The molecule has 0 N–H and O–H groups in total. The lowest BCUT2D eigenvalue weighted by molar-refractivity contribution is 0.101. The smallest absolute Gasteiger partial charge is 0.163 e. The molecule has 0 heterocycles. The maximum Gasteiger partial charge on any atom is 0.163 e. The normalized spacial score (nSPS) is 8.94. The molecule has 0 aliphatic rings. The zero-order chi connectivity index (χ0) is 12.0. The lowest BCUT2D eigenvalue weighted by Gasteiger charge is -2.09. The molecule has 0 unspecified atom stereocenters. The maximum atomic E-state index is 11.3. The molecule has 3 nitrogen and oxygen atoms in total. The van der Waals surface area contributed by atoms with Gasteiger partial charge in [-0.2, -0.15) is 0 Å². The summed E-state index contributed by atoms with van der Waals surface area (Å²) in [5, 5.41) is 0. The molecule has 0 saturated heterocycles. The summed E-state index contributed by atoms with van der Waals surface area (Å²) in [4.78, 5) is 11.3. The number of hydrogen-bond donors (Lipinski definition) is 0. The zero-order valence-corrected chi connectivity index (χ0v) is 9.66. The average Bonchev–Trinajstić information content (AvgIpc) is 2.29. The van der Waals surface area contributed by atoms with Crippen molar-refractivity contribution < 1.29 is 14.3 Å². The van der Waals surface area contributed by atoms with Crippen molar-refractivity contribution in [3.63, 3.8) is 0 Å². The number of carbonyl (C=O) groups excluding carboxylic acids is 1. The van der Waals surface area contributed by atoms with E-state index >= 15 is 0 Å². The van der Waals surface area contributed by atoms with Crippen LogP contribution in [-0.2, 0) is 0 Å². The number of rotatable bonds is 4. The number of carbonyl (C=O) groups is 1. The molecule has 0 saturated carbocycles. The van der Waals surface area contributed by atoms with Crippen molar-refractivity contribution in [1.82, 2.24) is 0 Å². The van der Waals surface area contributed by atoms with Crippen molar-refractivity contribution in [2.75, 3.05) is 13.7 Å². The van der Waals surface area contributed by atoms with Crippen molar-refractivity contribution >= 4 is 5.78 Å². The fourth-order valence-corrected chi connectivity index (χ4v) is 1.23. The predicted octanol–water partition coefficient (Wildman–Crippen LogP) is 2.30. The van der Waals surface area contributed by atoms with Gasteiger partial charge >= 0.3 is 0 Å². The third-order valence-corrected chi connectivity index (χ3v) is 2.04. The summed E-state index contributed by atoms with van der Waals surface area (Å²) in [6, 6.07) is 5.11. The summed E-state index contributed by atoms with van der Waals surface area (Å²) in [6.45, 7) is 3.50. The first kappa shape index (κ1) is 12.1. The molecule has 1 aromatic carbocycles. The third kappa shape index (κ3) is 3.03. The van der Waals surface area contributed by atoms with E-state index in [1.54, 1.807) is 32.2 Å². The van der Waals surface area contributed by atoms with Gasteiger partial charge in [0.25, 0.3) is 0 Å². The summed E-state index contributed by atoms with van der Waals surface area (Å²) in [7, 11) is 1.57. The standard InChI is InChI=1S/C13H14O3/c1-4-5-8-16-13-9-11(15-3)6-7-12(13)10(2)14/h6-7,9H,8H2,1-3H3. The largest absolute Gasteiger partial charge is 0.497 e. The molecule has 3 heteroatoms. The van der Waals surface area contributed by atoms with Crippen LogP contribution in [0.1, 0.15) is 24.2 Å². The number of benzene rings is 1. The molecule has 0 aliphatic heterocycles. The van der Waals surface area contributed by atoms with Crippen LogP contribution in [-0.4, -0.2) is 19.5 Å². The van der Waals surface area contributed by atoms with Crippen molar-refractivity contribution in [2.24, 2.45) is 0 Å². The minimum atomic E-state index is -0.0397. The number of ketones is 1. The Kier molecular flexibility index (Phi) is 4.41. The quantitative estimate of drug-likeness (QED) is 0.574. The second-order valence-electron chi connectivity index (χ2n) is 3.13. The van der Waals surface area contributed by atoms with E-state index in [1.165, 1.54) is 6.92 Å². The SMILES string of the molecule is CC#CCOc1cc(OC)ccc1C(C)=O. The molecule has 1 rings (SSSR count). The summed E-state index contributed by atoms with van der Waals surface area (Å²) in [5.41, 5.74) is 0.540. The van der Waals surface area contributed by atoms with E-state index in [0.717, 1.165) is 0 Å². The summed E-state index contributed by atoms with van der Waals surface area (Å²) < 4.78 is 10.5. The second kappa shape index (κ2) is 5.82. The van der Waals surface area contributed by atoms with Gasteiger partial charge in [-0.25, -0.2) is 0 Å². The highest BCUT2D eigenvalue weighted by Gasteiger charge is 2.09. The average molecular weight is 218 g/mol. The molecule has 0 aliphatic carbocycles. The van der Waals surface area contributed by atoms with Crippen LogP contribution in [0, 0.1) is 11.8 Å². The Bertz CT molecular complexity index is 438. The van der Waals surface area contributed by atoms with Gasteiger partial charge in [-0.05, 0) is 26.0 Å². The molecular formula is C13H14O3. The summed E-state index contributed by atoms with van der Waals surface area (Å²) >= 11 is 0. The molecule has 84 valence electrons. The molecule has 16 heavy (non-hydrogen) atoms. The lowest BCUT2D eigenvalue weighted by atomic mass is 10.1. The number of hydrogen-bond acceptors (Lipinski definition) is 3. The molecule has 0 radical (unpaired) electrons. The molecule has 1 aromatic rings. The van der Waals surface area contributed by atoms with Crippen LogP contribution in [0.4, 0.5) is 0 Å². The van der Waals surface area contributed by atoms with Crippen LogP contribution in [0.25, 0.3) is 0 Å². The molecule has 0 aromatic heterocycles. The van der Waals surface area contributed by atoms with E-state index in [-0.39, 0.29) is 12.4 Å². The molecule has 0 fully saturated rings. The first-order chi connectivity index (χ1) is 7.69. The highest BCUT2D eigenvalue weighted by Crippen LogP contribution is 2.25. The summed E-state index contributed by atoms with van der Waals surface area (Å²) in [6.07, 6.45) is 0. The van der Waals surface area contributed by atoms with Crippen molar-refractivity contribution in [1.29, 1.82) is 0 Å².